The Labute approximate surface area is 95.1 Å². The number of aliphatic hydroxyl groups excluding tert-OH is 1. The number of carbonyl (C=O) groups is 1. The average molecular weight is 224 g/mol. The van der Waals surface area contributed by atoms with Crippen LogP contribution in [0.3, 0.4) is 0 Å². The summed E-state index contributed by atoms with van der Waals surface area (Å²) >= 11 is 0. The third-order valence-corrected chi connectivity index (χ3v) is 2.89. The first-order chi connectivity index (χ1) is 7.60. The van der Waals surface area contributed by atoms with Gasteiger partial charge in [0.1, 0.15) is 11.9 Å². The zero-order valence-corrected chi connectivity index (χ0v) is 9.61. The maximum absolute atomic E-state index is 12.7. The van der Waals surface area contributed by atoms with Gasteiger partial charge in [0.15, 0.2) is 5.78 Å². The molecule has 0 aliphatic carbocycles. The van der Waals surface area contributed by atoms with Crippen LogP contribution in [-0.4, -0.2) is 17.0 Å². The Balaban J connectivity index is 2.81. The Kier molecular flexibility index (Phi) is 4.62. The molecule has 1 N–H and O–H groups in total. The van der Waals surface area contributed by atoms with E-state index in [-0.39, 0.29) is 17.5 Å². The molecular formula is C13H17FO2. The van der Waals surface area contributed by atoms with Crippen LogP contribution < -0.4 is 0 Å². The number of hydrogen-bond acceptors (Lipinski definition) is 2. The second kappa shape index (κ2) is 5.75. The fourth-order valence-corrected chi connectivity index (χ4v) is 1.73. The minimum absolute atomic E-state index is 0.0300. The van der Waals surface area contributed by atoms with Crippen LogP contribution in [-0.2, 0) is 0 Å². The highest BCUT2D eigenvalue weighted by Gasteiger charge is 2.24. The molecule has 0 aliphatic rings. The molecule has 0 fully saturated rings. The van der Waals surface area contributed by atoms with Gasteiger partial charge < -0.3 is 5.11 Å². The lowest BCUT2D eigenvalue weighted by atomic mass is 9.91. The predicted molar refractivity (Wildman–Crippen MR) is 60.8 cm³/mol. The molecule has 0 amide bonds. The second-order valence-electron chi connectivity index (χ2n) is 3.89. The predicted octanol–water partition coefficient (Wildman–Crippen LogP) is 2.81. The van der Waals surface area contributed by atoms with E-state index in [0.29, 0.717) is 5.56 Å². The number of aliphatic hydroxyl groups is 1. The highest BCUT2D eigenvalue weighted by molar-refractivity contribution is 5.99. The zero-order valence-electron chi connectivity index (χ0n) is 9.61. The molecule has 0 heterocycles. The van der Waals surface area contributed by atoms with Crippen LogP contribution in [0.2, 0.25) is 0 Å². The van der Waals surface area contributed by atoms with Crippen molar-refractivity contribution >= 4 is 5.78 Å². The first-order valence-electron chi connectivity index (χ1n) is 5.58. The van der Waals surface area contributed by atoms with Gasteiger partial charge in [-0.05, 0) is 30.2 Å². The van der Waals surface area contributed by atoms with Crippen molar-refractivity contribution in [2.24, 2.45) is 5.92 Å². The normalized spacial score (nSPS) is 12.8. The Morgan fingerprint density at radius 1 is 1.25 bits per heavy atom. The molecule has 0 saturated carbocycles. The number of rotatable bonds is 5. The highest BCUT2D eigenvalue weighted by atomic mass is 19.1. The maximum Gasteiger partial charge on any atom is 0.191 e. The van der Waals surface area contributed by atoms with Gasteiger partial charge in [0.2, 0.25) is 0 Å². The van der Waals surface area contributed by atoms with E-state index in [2.05, 4.69) is 0 Å². The van der Waals surface area contributed by atoms with Crippen molar-refractivity contribution in [3.05, 3.63) is 35.6 Å². The quantitative estimate of drug-likeness (QED) is 0.781. The number of halogens is 1. The average Bonchev–Trinajstić information content (AvgIpc) is 2.30. The maximum atomic E-state index is 12.7. The van der Waals surface area contributed by atoms with E-state index in [4.69, 9.17) is 0 Å². The monoisotopic (exact) mass is 224 g/mol. The number of Topliss-reactive ketones (excluding diaryl/α,β-unsaturated/α-hetero) is 1. The van der Waals surface area contributed by atoms with Crippen molar-refractivity contribution in [3.8, 4) is 0 Å². The van der Waals surface area contributed by atoms with Crippen LogP contribution >= 0.6 is 0 Å². The lowest BCUT2D eigenvalue weighted by molar-refractivity contribution is 0.0588. The molecule has 1 atom stereocenters. The number of benzene rings is 1. The number of hydrogen-bond donors (Lipinski definition) is 1. The van der Waals surface area contributed by atoms with Crippen LogP contribution in [0.25, 0.3) is 0 Å². The lowest BCUT2D eigenvalue weighted by Gasteiger charge is -2.18. The fourth-order valence-electron chi connectivity index (χ4n) is 1.73. The van der Waals surface area contributed by atoms with Crippen LogP contribution in [0.5, 0.6) is 0 Å². The van der Waals surface area contributed by atoms with E-state index in [9.17, 15) is 14.3 Å². The first kappa shape index (κ1) is 12.8. The van der Waals surface area contributed by atoms with Gasteiger partial charge in [-0.2, -0.15) is 0 Å². The molecule has 16 heavy (non-hydrogen) atoms. The van der Waals surface area contributed by atoms with Crippen molar-refractivity contribution in [1.82, 2.24) is 0 Å². The zero-order chi connectivity index (χ0) is 12.1. The van der Waals surface area contributed by atoms with Crippen molar-refractivity contribution in [1.29, 1.82) is 0 Å². The molecule has 0 aromatic heterocycles. The third-order valence-electron chi connectivity index (χ3n) is 2.89. The van der Waals surface area contributed by atoms with Gasteiger partial charge in [-0.15, -0.1) is 0 Å². The first-order valence-corrected chi connectivity index (χ1v) is 5.58. The molecule has 2 nitrogen and oxygen atoms in total. The van der Waals surface area contributed by atoms with Gasteiger partial charge in [-0.3, -0.25) is 4.79 Å². The van der Waals surface area contributed by atoms with Gasteiger partial charge >= 0.3 is 0 Å². The summed E-state index contributed by atoms with van der Waals surface area (Å²) < 4.78 is 12.7. The largest absolute Gasteiger partial charge is 0.385 e. The number of carbonyl (C=O) groups excluding carboxylic acids is 1. The SMILES string of the molecule is CCC(CC)C(O)C(=O)c1ccc(F)cc1. The Bertz CT molecular complexity index is 341. The van der Waals surface area contributed by atoms with E-state index >= 15 is 0 Å². The van der Waals surface area contributed by atoms with E-state index in [1.165, 1.54) is 24.3 Å². The van der Waals surface area contributed by atoms with Crippen LogP contribution in [0.4, 0.5) is 4.39 Å². The van der Waals surface area contributed by atoms with Crippen LogP contribution in [0.1, 0.15) is 37.0 Å². The van der Waals surface area contributed by atoms with Crippen molar-refractivity contribution in [2.45, 2.75) is 32.8 Å². The Morgan fingerprint density at radius 2 is 1.75 bits per heavy atom. The van der Waals surface area contributed by atoms with Crippen LogP contribution in [0, 0.1) is 11.7 Å². The molecule has 0 bridgehead atoms. The smallest absolute Gasteiger partial charge is 0.191 e. The molecule has 3 heteroatoms. The fraction of sp³-hybridized carbons (Fsp3) is 0.462. The summed E-state index contributed by atoms with van der Waals surface area (Å²) in [7, 11) is 0. The van der Waals surface area contributed by atoms with Crippen LogP contribution in [0.15, 0.2) is 24.3 Å². The minimum atomic E-state index is -0.986. The molecular weight excluding hydrogens is 207 g/mol. The third kappa shape index (κ3) is 2.89. The van der Waals surface area contributed by atoms with E-state index in [1.807, 2.05) is 13.8 Å². The molecule has 0 saturated heterocycles. The summed E-state index contributed by atoms with van der Waals surface area (Å²) in [5.41, 5.74) is 0.362. The minimum Gasteiger partial charge on any atom is -0.385 e. The van der Waals surface area contributed by atoms with E-state index in [0.717, 1.165) is 12.8 Å². The summed E-state index contributed by atoms with van der Waals surface area (Å²) in [5, 5.41) is 9.86. The standard InChI is InChI=1S/C13H17FO2/c1-3-9(4-2)12(15)13(16)10-5-7-11(14)8-6-10/h5-9,12,15H,3-4H2,1-2H3. The molecule has 88 valence electrons. The van der Waals surface area contributed by atoms with Gasteiger partial charge in [0.25, 0.3) is 0 Å². The van der Waals surface area contributed by atoms with Crippen molar-refractivity contribution < 1.29 is 14.3 Å². The summed E-state index contributed by atoms with van der Waals surface area (Å²) in [6.07, 6.45) is 0.523. The summed E-state index contributed by atoms with van der Waals surface area (Å²) in [6, 6.07) is 5.27. The van der Waals surface area contributed by atoms with E-state index < -0.39 is 6.10 Å². The lowest BCUT2D eigenvalue weighted by Crippen LogP contribution is -2.29. The Morgan fingerprint density at radius 3 is 2.19 bits per heavy atom. The van der Waals surface area contributed by atoms with Gasteiger partial charge in [0.05, 0.1) is 0 Å². The van der Waals surface area contributed by atoms with Gasteiger partial charge in [-0.25, -0.2) is 4.39 Å². The molecule has 0 aliphatic heterocycles. The van der Waals surface area contributed by atoms with Crippen molar-refractivity contribution in [3.63, 3.8) is 0 Å². The molecule has 1 aromatic carbocycles. The van der Waals surface area contributed by atoms with E-state index in [1.54, 1.807) is 0 Å². The summed E-state index contributed by atoms with van der Waals surface area (Å²) in [4.78, 5) is 11.8. The molecule has 1 rings (SSSR count). The molecule has 0 spiro atoms. The van der Waals surface area contributed by atoms with Crippen molar-refractivity contribution in [2.75, 3.05) is 0 Å². The Hall–Kier alpha value is -1.22. The molecule has 1 aromatic rings. The molecule has 0 radical (unpaired) electrons. The van der Waals surface area contributed by atoms with Gasteiger partial charge in [0, 0.05) is 5.56 Å². The topological polar surface area (TPSA) is 37.3 Å². The summed E-state index contributed by atoms with van der Waals surface area (Å²) in [5.74, 6) is -0.736. The molecule has 1 unspecified atom stereocenters. The number of ketones is 1. The highest BCUT2D eigenvalue weighted by Crippen LogP contribution is 2.17. The van der Waals surface area contributed by atoms with Gasteiger partial charge in [-0.1, -0.05) is 26.7 Å². The summed E-state index contributed by atoms with van der Waals surface area (Å²) in [6.45, 7) is 3.88. The second-order valence-corrected chi connectivity index (χ2v) is 3.89.